The molecule has 240 valence electrons. The zero-order valence-corrected chi connectivity index (χ0v) is 28.2. The Morgan fingerprint density at radius 2 is 1.00 bits per heavy atom. The normalized spacial score (nSPS) is 13.7. The van der Waals surface area contributed by atoms with Gasteiger partial charge in [-0.25, -0.2) is 0 Å². The van der Waals surface area contributed by atoms with Crippen LogP contribution in [0, 0.1) is 0 Å². The predicted molar refractivity (Wildman–Crippen MR) is 214 cm³/mol. The summed E-state index contributed by atoms with van der Waals surface area (Å²) < 4.78 is 6.51. The van der Waals surface area contributed by atoms with Crippen molar-refractivity contribution in [2.75, 3.05) is 0 Å². The molecule has 9 aromatic rings. The van der Waals surface area contributed by atoms with Crippen molar-refractivity contribution >= 4 is 21.5 Å². The lowest BCUT2D eigenvalue weighted by Gasteiger charge is -2.33. The van der Waals surface area contributed by atoms with Gasteiger partial charge >= 0.3 is 0 Å². The monoisotopic (exact) mass is 658 g/mol. The van der Waals surface area contributed by atoms with Gasteiger partial charge in [-0.3, -0.25) is 0 Å². The molecule has 0 aromatic heterocycles. The highest BCUT2D eigenvalue weighted by Gasteiger charge is 2.53. The molecule has 1 spiro atoms. The predicted octanol–water partition coefficient (Wildman–Crippen LogP) is 13.4. The number of fused-ring (bicyclic) bond motifs is 14. The molecule has 0 bridgehead atoms. The Hall–Kier alpha value is -6.70. The summed E-state index contributed by atoms with van der Waals surface area (Å²) in [7, 11) is 0. The van der Waals surface area contributed by atoms with Crippen LogP contribution in [0.5, 0.6) is 11.5 Å². The van der Waals surface area contributed by atoms with Crippen molar-refractivity contribution in [2.45, 2.75) is 5.41 Å². The summed E-state index contributed by atoms with van der Waals surface area (Å²) in [5.74, 6) is 1.82. The van der Waals surface area contributed by atoms with Crippen molar-refractivity contribution in [3.8, 4) is 67.1 Å². The lowest BCUT2D eigenvalue weighted by atomic mass is 9.68. The van der Waals surface area contributed by atoms with E-state index in [1.165, 1.54) is 93.9 Å². The fourth-order valence-electron chi connectivity index (χ4n) is 9.86. The summed E-state index contributed by atoms with van der Waals surface area (Å²) in [6.07, 6.45) is 0. The Kier molecular flexibility index (Phi) is 5.49. The highest BCUT2D eigenvalue weighted by Crippen LogP contribution is 2.66. The Labute approximate surface area is 302 Å². The van der Waals surface area contributed by atoms with E-state index in [0.29, 0.717) is 0 Å². The molecule has 9 aromatic carbocycles. The quantitative estimate of drug-likeness (QED) is 0.180. The SMILES string of the molecule is c1ccc(-c2cc3ccccc3c3c2C2(c4ccccc4-c4ccccc42)c2cc(-c4ccc5c6c(cccc46)-c4ccccc4O5)ccc2-3)cc1. The molecule has 1 nitrogen and oxygen atoms in total. The highest BCUT2D eigenvalue weighted by atomic mass is 16.5. The lowest BCUT2D eigenvalue weighted by Crippen LogP contribution is -2.26. The first kappa shape index (κ1) is 28.0. The molecule has 3 aliphatic rings. The molecule has 1 aliphatic heterocycles. The van der Waals surface area contributed by atoms with Crippen LogP contribution in [0.2, 0.25) is 0 Å². The van der Waals surface area contributed by atoms with E-state index in [9.17, 15) is 0 Å². The molecule has 0 unspecified atom stereocenters. The first-order valence-electron chi connectivity index (χ1n) is 18.1. The second-order valence-corrected chi connectivity index (χ2v) is 14.3. The van der Waals surface area contributed by atoms with Crippen LogP contribution in [0.1, 0.15) is 22.3 Å². The van der Waals surface area contributed by atoms with Crippen molar-refractivity contribution in [1.29, 1.82) is 0 Å². The molecular formula is C51H30O. The number of ether oxygens (including phenoxy) is 1. The molecule has 0 fully saturated rings. The molecule has 0 N–H and O–H groups in total. The van der Waals surface area contributed by atoms with Gasteiger partial charge in [-0.15, -0.1) is 0 Å². The molecule has 1 heterocycles. The fourth-order valence-corrected chi connectivity index (χ4v) is 9.86. The van der Waals surface area contributed by atoms with E-state index in [1.54, 1.807) is 0 Å². The molecule has 12 rings (SSSR count). The Balaban J connectivity index is 1.22. The number of hydrogen-bond acceptors (Lipinski definition) is 1. The van der Waals surface area contributed by atoms with Crippen molar-refractivity contribution < 1.29 is 4.74 Å². The van der Waals surface area contributed by atoms with Gasteiger partial charge in [-0.2, -0.15) is 0 Å². The molecule has 0 atom stereocenters. The number of hydrogen-bond donors (Lipinski definition) is 0. The molecule has 0 radical (unpaired) electrons. The molecule has 0 amide bonds. The third-order valence-electron chi connectivity index (χ3n) is 11.9. The molecule has 1 heteroatoms. The first-order valence-corrected chi connectivity index (χ1v) is 18.1. The topological polar surface area (TPSA) is 9.23 Å². The van der Waals surface area contributed by atoms with E-state index in [-0.39, 0.29) is 0 Å². The number of para-hydroxylation sites is 1. The zero-order valence-electron chi connectivity index (χ0n) is 28.2. The van der Waals surface area contributed by atoms with Gasteiger partial charge in [0.15, 0.2) is 0 Å². The second kappa shape index (κ2) is 10.2. The maximum atomic E-state index is 6.51. The Morgan fingerprint density at radius 3 is 1.83 bits per heavy atom. The maximum absolute atomic E-state index is 6.51. The van der Waals surface area contributed by atoms with E-state index >= 15 is 0 Å². The Morgan fingerprint density at radius 1 is 0.346 bits per heavy atom. The van der Waals surface area contributed by atoms with Gasteiger partial charge < -0.3 is 4.74 Å². The largest absolute Gasteiger partial charge is 0.456 e. The third kappa shape index (κ3) is 3.48. The number of benzene rings is 9. The van der Waals surface area contributed by atoms with Gasteiger partial charge in [0, 0.05) is 10.9 Å². The highest BCUT2D eigenvalue weighted by molar-refractivity contribution is 6.12. The van der Waals surface area contributed by atoms with E-state index in [1.807, 2.05) is 6.07 Å². The minimum atomic E-state index is -0.503. The van der Waals surface area contributed by atoms with Gasteiger partial charge in [0.25, 0.3) is 0 Å². The van der Waals surface area contributed by atoms with Crippen molar-refractivity contribution in [3.63, 3.8) is 0 Å². The van der Waals surface area contributed by atoms with E-state index in [4.69, 9.17) is 4.74 Å². The molecular weight excluding hydrogens is 629 g/mol. The van der Waals surface area contributed by atoms with Gasteiger partial charge in [-0.1, -0.05) is 158 Å². The van der Waals surface area contributed by atoms with E-state index in [2.05, 4.69) is 176 Å². The van der Waals surface area contributed by atoms with Crippen LogP contribution >= 0.6 is 0 Å². The summed E-state index contributed by atoms with van der Waals surface area (Å²) in [5.41, 5.74) is 17.5. The molecule has 0 saturated carbocycles. The van der Waals surface area contributed by atoms with Crippen LogP contribution < -0.4 is 4.74 Å². The van der Waals surface area contributed by atoms with Crippen molar-refractivity contribution in [2.24, 2.45) is 0 Å². The van der Waals surface area contributed by atoms with Crippen LogP contribution in [0.15, 0.2) is 182 Å². The summed E-state index contributed by atoms with van der Waals surface area (Å²) in [4.78, 5) is 0. The van der Waals surface area contributed by atoms with E-state index < -0.39 is 5.41 Å². The van der Waals surface area contributed by atoms with Crippen molar-refractivity contribution in [3.05, 3.63) is 204 Å². The lowest BCUT2D eigenvalue weighted by molar-refractivity contribution is 0.487. The fraction of sp³-hybridized carbons (Fsp3) is 0.0196. The number of rotatable bonds is 2. The maximum Gasteiger partial charge on any atom is 0.135 e. The molecule has 2 aliphatic carbocycles. The minimum Gasteiger partial charge on any atom is -0.456 e. The third-order valence-corrected chi connectivity index (χ3v) is 11.9. The smallest absolute Gasteiger partial charge is 0.135 e. The zero-order chi connectivity index (χ0) is 34.0. The van der Waals surface area contributed by atoms with Crippen LogP contribution in [-0.4, -0.2) is 0 Å². The van der Waals surface area contributed by atoms with Crippen LogP contribution in [-0.2, 0) is 5.41 Å². The van der Waals surface area contributed by atoms with Gasteiger partial charge in [0.05, 0.1) is 5.41 Å². The van der Waals surface area contributed by atoms with Crippen LogP contribution in [0.25, 0.3) is 77.2 Å². The first-order chi connectivity index (χ1) is 25.8. The summed E-state index contributed by atoms with van der Waals surface area (Å²) in [5, 5.41) is 4.93. The summed E-state index contributed by atoms with van der Waals surface area (Å²) in [6, 6.07) is 67.3. The minimum absolute atomic E-state index is 0.503. The van der Waals surface area contributed by atoms with Crippen LogP contribution in [0.4, 0.5) is 0 Å². The molecule has 52 heavy (non-hydrogen) atoms. The Bertz CT molecular complexity index is 2940. The summed E-state index contributed by atoms with van der Waals surface area (Å²) >= 11 is 0. The van der Waals surface area contributed by atoms with E-state index in [0.717, 1.165) is 17.1 Å². The average molecular weight is 659 g/mol. The van der Waals surface area contributed by atoms with Gasteiger partial charge in [0.2, 0.25) is 0 Å². The standard InChI is InChI=1S/C51H30O/c1-2-13-31(14-3-1)42-29-32-15-4-5-16-35(32)49-41-26-25-33(34-27-28-47-48-39(34)20-12-21-40(48)38-19-8-11-24-46(38)52-47)30-45(41)51(50(42)49)43-22-9-6-17-36(43)37-18-7-10-23-44(37)51/h1-30H. The second-order valence-electron chi connectivity index (χ2n) is 14.3. The van der Waals surface area contributed by atoms with Crippen molar-refractivity contribution in [1.82, 2.24) is 0 Å². The summed E-state index contributed by atoms with van der Waals surface area (Å²) in [6.45, 7) is 0. The van der Waals surface area contributed by atoms with Gasteiger partial charge in [0.1, 0.15) is 11.5 Å². The molecule has 0 saturated heterocycles. The van der Waals surface area contributed by atoms with Crippen LogP contribution in [0.3, 0.4) is 0 Å². The average Bonchev–Trinajstić information content (AvgIpc) is 3.69. The van der Waals surface area contributed by atoms with Gasteiger partial charge in [-0.05, 0) is 113 Å².